The Bertz CT molecular complexity index is 1150. The minimum atomic E-state index is 0.828. The Morgan fingerprint density at radius 1 is 0.852 bits per heavy atom. The van der Waals surface area contributed by atoms with Crippen molar-refractivity contribution in [1.82, 2.24) is 0 Å². The largest absolute Gasteiger partial charge is 0.397 e. The molecule has 1 aromatic heterocycles. The van der Waals surface area contributed by atoms with E-state index in [2.05, 4.69) is 64.1 Å². The van der Waals surface area contributed by atoms with Gasteiger partial charge in [0.2, 0.25) is 5.58 Å². The van der Waals surface area contributed by atoms with E-state index in [1.54, 1.807) is 0 Å². The highest BCUT2D eigenvalue weighted by Crippen LogP contribution is 2.25. The lowest BCUT2D eigenvalue weighted by Gasteiger charge is -2.11. The van der Waals surface area contributed by atoms with Crippen LogP contribution in [0.15, 0.2) is 77.2 Å². The normalized spacial score (nSPS) is 12.0. The number of benzene rings is 3. The number of fused-ring (bicyclic) bond motifs is 3. The van der Waals surface area contributed by atoms with Gasteiger partial charge in [0.05, 0.1) is 6.08 Å². The second-order valence-corrected chi connectivity index (χ2v) is 6.84. The van der Waals surface area contributed by atoms with E-state index in [0.29, 0.717) is 0 Å². The second kappa shape index (κ2) is 7.12. The minimum Gasteiger partial charge on any atom is -0.397 e. The van der Waals surface area contributed by atoms with Crippen LogP contribution in [0.2, 0.25) is 0 Å². The molecule has 0 radical (unpaired) electrons. The lowest BCUT2D eigenvalue weighted by Crippen LogP contribution is -2.29. The van der Waals surface area contributed by atoms with Gasteiger partial charge in [0.25, 0.3) is 5.52 Å². The number of aryl methyl sites for hydroxylation is 1. The van der Waals surface area contributed by atoms with Gasteiger partial charge in [0.15, 0.2) is 0 Å². The Hall–Kier alpha value is -3.33. The first-order valence-electron chi connectivity index (χ1n) is 9.06. The van der Waals surface area contributed by atoms with Crippen molar-refractivity contribution in [2.75, 3.05) is 19.0 Å². The highest BCUT2D eigenvalue weighted by atomic mass is 16.4. The second-order valence-electron chi connectivity index (χ2n) is 6.84. The van der Waals surface area contributed by atoms with Crippen LogP contribution >= 0.6 is 0 Å². The summed E-state index contributed by atoms with van der Waals surface area (Å²) < 4.78 is 8.22. The summed E-state index contributed by atoms with van der Waals surface area (Å²) >= 11 is 0. The molecule has 134 valence electrons. The molecule has 0 saturated carbocycles. The number of oxazole rings is 1. The fourth-order valence-electron chi connectivity index (χ4n) is 3.23. The van der Waals surface area contributed by atoms with Crippen molar-refractivity contribution in [2.24, 2.45) is 7.05 Å². The van der Waals surface area contributed by atoms with Gasteiger partial charge in [-0.3, -0.25) is 0 Å². The van der Waals surface area contributed by atoms with E-state index < -0.39 is 0 Å². The van der Waals surface area contributed by atoms with Crippen LogP contribution in [0.1, 0.15) is 11.5 Å². The van der Waals surface area contributed by atoms with Gasteiger partial charge in [-0.2, -0.15) is 4.57 Å². The number of aromatic nitrogens is 1. The predicted octanol–water partition coefficient (Wildman–Crippen LogP) is 5.20. The first-order valence-corrected chi connectivity index (χ1v) is 9.06. The van der Waals surface area contributed by atoms with Gasteiger partial charge in [-0.05, 0) is 29.1 Å². The summed E-state index contributed by atoms with van der Waals surface area (Å²) in [5.41, 5.74) is 4.39. The predicted molar refractivity (Wildman–Crippen MR) is 114 cm³/mol. The maximum atomic E-state index is 6.14. The van der Waals surface area contributed by atoms with Crippen LogP contribution in [0.5, 0.6) is 0 Å². The van der Waals surface area contributed by atoms with Gasteiger partial charge in [0.1, 0.15) is 7.05 Å². The average Bonchev–Trinajstić information content (AvgIpc) is 3.02. The molecule has 0 amide bonds. The van der Waals surface area contributed by atoms with Crippen LogP contribution in [0.4, 0.5) is 5.69 Å². The van der Waals surface area contributed by atoms with E-state index in [9.17, 15) is 0 Å². The van der Waals surface area contributed by atoms with Gasteiger partial charge < -0.3 is 9.32 Å². The Balaban J connectivity index is 1.59. The number of anilines is 1. The zero-order chi connectivity index (χ0) is 18.8. The third kappa shape index (κ3) is 3.36. The molecule has 4 rings (SSSR count). The number of allylic oxidation sites excluding steroid dienone is 2. The molecule has 3 aromatic carbocycles. The van der Waals surface area contributed by atoms with E-state index in [4.69, 9.17) is 4.42 Å². The minimum absolute atomic E-state index is 0.828. The fourth-order valence-corrected chi connectivity index (χ4v) is 3.23. The SMILES string of the molecule is CN(C)c1ccc(C=CC=Cc2oc3c4ccccc4ccc3[n+]2C)cc1. The van der Waals surface area contributed by atoms with Gasteiger partial charge >= 0.3 is 5.89 Å². The van der Waals surface area contributed by atoms with Crippen LogP contribution in [0.25, 0.3) is 34.0 Å². The van der Waals surface area contributed by atoms with Crippen LogP contribution in [-0.2, 0) is 7.05 Å². The molecule has 0 fully saturated rings. The molecule has 0 N–H and O–H groups in total. The highest BCUT2D eigenvalue weighted by molar-refractivity contribution is 6.01. The zero-order valence-electron chi connectivity index (χ0n) is 15.9. The van der Waals surface area contributed by atoms with Crippen molar-refractivity contribution in [2.45, 2.75) is 0 Å². The number of nitrogens with zero attached hydrogens (tertiary/aromatic N) is 2. The molecule has 0 atom stereocenters. The van der Waals surface area contributed by atoms with Crippen molar-refractivity contribution in [3.05, 3.63) is 84.3 Å². The number of hydrogen-bond acceptors (Lipinski definition) is 2. The Kier molecular flexibility index (Phi) is 4.51. The molecule has 3 nitrogen and oxygen atoms in total. The van der Waals surface area contributed by atoms with Gasteiger partial charge in [-0.25, -0.2) is 0 Å². The van der Waals surface area contributed by atoms with Crippen molar-refractivity contribution in [1.29, 1.82) is 0 Å². The van der Waals surface area contributed by atoms with Crippen molar-refractivity contribution in [3.8, 4) is 0 Å². The van der Waals surface area contributed by atoms with Crippen molar-refractivity contribution in [3.63, 3.8) is 0 Å². The van der Waals surface area contributed by atoms with Crippen LogP contribution < -0.4 is 9.47 Å². The summed E-state index contributed by atoms with van der Waals surface area (Å²) in [6, 6.07) is 21.0. The molecule has 27 heavy (non-hydrogen) atoms. The summed E-state index contributed by atoms with van der Waals surface area (Å²) in [5.74, 6) is 0.828. The van der Waals surface area contributed by atoms with Crippen LogP contribution in [0.3, 0.4) is 0 Å². The fraction of sp³-hybridized carbons (Fsp3) is 0.125. The molecule has 0 unspecified atom stereocenters. The van der Waals surface area contributed by atoms with E-state index in [1.165, 1.54) is 16.6 Å². The van der Waals surface area contributed by atoms with E-state index >= 15 is 0 Å². The third-order valence-corrected chi connectivity index (χ3v) is 4.81. The lowest BCUT2D eigenvalue weighted by molar-refractivity contribution is -0.652. The topological polar surface area (TPSA) is 20.3 Å². The number of hydrogen-bond donors (Lipinski definition) is 0. The standard InChI is InChI=1S/C24H23N2O/c1-25(2)20-15-12-18(13-16-20)8-4-7-11-23-26(3)22-17-14-19-9-5-6-10-21(19)24(22)27-23/h4-17H,1-3H3/q+1. The number of rotatable bonds is 4. The summed E-state index contributed by atoms with van der Waals surface area (Å²) in [4.78, 5) is 2.10. The molecule has 0 spiro atoms. The molecule has 0 aliphatic heterocycles. The van der Waals surface area contributed by atoms with E-state index in [0.717, 1.165) is 22.4 Å². The molecule has 1 heterocycles. The zero-order valence-corrected chi connectivity index (χ0v) is 15.9. The molecule has 0 aliphatic rings. The van der Waals surface area contributed by atoms with Gasteiger partial charge in [-0.1, -0.05) is 54.6 Å². The maximum absolute atomic E-state index is 6.14. The van der Waals surface area contributed by atoms with Crippen LogP contribution in [-0.4, -0.2) is 14.1 Å². The first kappa shape index (κ1) is 17.1. The average molecular weight is 355 g/mol. The van der Waals surface area contributed by atoms with E-state index in [1.807, 2.05) is 51.5 Å². The molecule has 3 heteroatoms. The molecular weight excluding hydrogens is 332 g/mol. The quantitative estimate of drug-likeness (QED) is 0.370. The molecular formula is C24H23N2O+. The molecule has 4 aromatic rings. The van der Waals surface area contributed by atoms with E-state index in [-0.39, 0.29) is 0 Å². The molecule has 0 saturated heterocycles. The summed E-state index contributed by atoms with van der Waals surface area (Å²) in [6.07, 6.45) is 8.14. The Morgan fingerprint density at radius 2 is 1.59 bits per heavy atom. The van der Waals surface area contributed by atoms with Gasteiger partial charge in [0, 0.05) is 31.2 Å². The maximum Gasteiger partial charge on any atom is 0.373 e. The molecule has 0 bridgehead atoms. The third-order valence-electron chi connectivity index (χ3n) is 4.81. The first-order chi connectivity index (χ1) is 13.1. The van der Waals surface area contributed by atoms with Crippen molar-refractivity contribution < 1.29 is 8.98 Å². The van der Waals surface area contributed by atoms with Crippen molar-refractivity contribution >= 4 is 39.7 Å². The van der Waals surface area contributed by atoms with Crippen LogP contribution in [0, 0.1) is 0 Å². The summed E-state index contributed by atoms with van der Waals surface area (Å²) in [6.45, 7) is 0. The lowest BCUT2D eigenvalue weighted by atomic mass is 10.1. The summed E-state index contributed by atoms with van der Waals surface area (Å²) in [7, 11) is 6.12. The van der Waals surface area contributed by atoms with Gasteiger partial charge in [-0.15, -0.1) is 0 Å². The Labute approximate surface area is 159 Å². The molecule has 0 aliphatic carbocycles. The Morgan fingerprint density at radius 3 is 2.37 bits per heavy atom. The smallest absolute Gasteiger partial charge is 0.373 e. The monoisotopic (exact) mass is 355 g/mol. The highest BCUT2D eigenvalue weighted by Gasteiger charge is 2.18. The summed E-state index contributed by atoms with van der Waals surface area (Å²) in [5, 5.41) is 2.33.